The van der Waals surface area contributed by atoms with E-state index >= 15 is 0 Å². The fraction of sp³-hybridized carbons (Fsp3) is 0.118. The van der Waals surface area contributed by atoms with E-state index in [0.29, 0.717) is 10.1 Å². The predicted molar refractivity (Wildman–Crippen MR) is 95.1 cm³/mol. The molecule has 2 nitrogen and oxygen atoms in total. The van der Waals surface area contributed by atoms with E-state index in [9.17, 15) is 0 Å². The van der Waals surface area contributed by atoms with Gasteiger partial charge in [0.2, 0.25) is 0 Å². The first-order chi connectivity index (χ1) is 9.97. The van der Waals surface area contributed by atoms with Gasteiger partial charge in [0.25, 0.3) is 0 Å². The van der Waals surface area contributed by atoms with Crippen LogP contribution in [0.3, 0.4) is 0 Å². The third-order valence-corrected chi connectivity index (χ3v) is 4.08. The summed E-state index contributed by atoms with van der Waals surface area (Å²) in [5.74, 6) is 0. The lowest BCUT2D eigenvalue weighted by Crippen LogP contribution is -2.37. The molecule has 21 heavy (non-hydrogen) atoms. The minimum absolute atomic E-state index is 0.613. The molecule has 1 N–H and O–H groups in total. The number of thiocarbonyl (C=S) groups is 1. The van der Waals surface area contributed by atoms with Gasteiger partial charge in [-0.2, -0.15) is 0 Å². The molecular weight excluding hydrogens is 300 g/mol. The summed E-state index contributed by atoms with van der Waals surface area (Å²) in [5, 5.41) is 4.60. The quantitative estimate of drug-likeness (QED) is 0.733. The van der Waals surface area contributed by atoms with Crippen molar-refractivity contribution in [2.45, 2.75) is 13.8 Å². The van der Waals surface area contributed by atoms with E-state index in [-0.39, 0.29) is 0 Å². The zero-order chi connectivity index (χ0) is 15.1. The fourth-order valence-electron chi connectivity index (χ4n) is 2.66. The van der Waals surface area contributed by atoms with Crippen LogP contribution in [-0.4, -0.2) is 5.11 Å². The summed E-state index contributed by atoms with van der Waals surface area (Å²) in [7, 11) is 0. The molecule has 4 heteroatoms. The maximum absolute atomic E-state index is 6.09. The molecule has 0 saturated heterocycles. The van der Waals surface area contributed by atoms with Gasteiger partial charge in [-0.05, 0) is 55.9 Å². The standard InChI is InChI=1S/C17H15ClN2S/c1-10-7-11(2)16-15(8-10)12(3)20(17(21)19-16)14-6-4-5-13(18)9-14/h4-9H,3H2,1-2H3,(H,19,21). The number of fused-ring (bicyclic) bond motifs is 1. The third kappa shape index (κ3) is 2.43. The van der Waals surface area contributed by atoms with Gasteiger partial charge in [-0.1, -0.05) is 35.9 Å². The van der Waals surface area contributed by atoms with E-state index in [0.717, 1.165) is 22.6 Å². The van der Waals surface area contributed by atoms with Crippen LogP contribution in [0.4, 0.5) is 11.4 Å². The molecule has 0 unspecified atom stereocenters. The largest absolute Gasteiger partial charge is 0.331 e. The maximum Gasteiger partial charge on any atom is 0.182 e. The lowest BCUT2D eigenvalue weighted by molar-refractivity contribution is 1.28. The van der Waals surface area contributed by atoms with Gasteiger partial charge in [-0.15, -0.1) is 0 Å². The average molecular weight is 315 g/mol. The van der Waals surface area contributed by atoms with Crippen molar-refractivity contribution in [2.24, 2.45) is 0 Å². The zero-order valence-electron chi connectivity index (χ0n) is 11.9. The van der Waals surface area contributed by atoms with Gasteiger partial charge in [0.15, 0.2) is 5.11 Å². The van der Waals surface area contributed by atoms with Crippen molar-refractivity contribution >= 4 is 46.0 Å². The Morgan fingerprint density at radius 2 is 1.95 bits per heavy atom. The Labute approximate surface area is 135 Å². The fourth-order valence-corrected chi connectivity index (χ4v) is 3.16. The second kappa shape index (κ2) is 5.17. The number of nitrogens with zero attached hydrogens (tertiary/aromatic N) is 1. The van der Waals surface area contributed by atoms with Gasteiger partial charge in [0.1, 0.15) is 0 Å². The van der Waals surface area contributed by atoms with Crippen molar-refractivity contribution in [1.29, 1.82) is 0 Å². The molecule has 3 rings (SSSR count). The molecular formula is C17H15ClN2S. The molecule has 1 aliphatic rings. The molecule has 1 aliphatic heterocycles. The summed E-state index contributed by atoms with van der Waals surface area (Å²) in [4.78, 5) is 1.92. The van der Waals surface area contributed by atoms with Crippen LogP contribution in [0, 0.1) is 13.8 Å². The second-order valence-electron chi connectivity index (χ2n) is 5.20. The molecule has 0 bridgehead atoms. The van der Waals surface area contributed by atoms with Crippen LogP contribution in [0.1, 0.15) is 16.7 Å². The first kappa shape index (κ1) is 14.1. The molecule has 1 heterocycles. The highest BCUT2D eigenvalue weighted by atomic mass is 35.5. The van der Waals surface area contributed by atoms with Crippen LogP contribution in [0.5, 0.6) is 0 Å². The Morgan fingerprint density at radius 3 is 2.67 bits per heavy atom. The van der Waals surface area contributed by atoms with Gasteiger partial charge in [0, 0.05) is 16.3 Å². The van der Waals surface area contributed by atoms with Crippen LogP contribution in [-0.2, 0) is 0 Å². The number of halogens is 1. The number of anilines is 2. The second-order valence-corrected chi connectivity index (χ2v) is 6.02. The first-order valence-electron chi connectivity index (χ1n) is 6.64. The monoisotopic (exact) mass is 314 g/mol. The Morgan fingerprint density at radius 1 is 1.19 bits per heavy atom. The summed E-state index contributed by atoms with van der Waals surface area (Å²) in [6, 6.07) is 11.9. The Kier molecular flexibility index (Phi) is 3.47. The lowest BCUT2D eigenvalue weighted by Gasteiger charge is -2.34. The Hall–Kier alpha value is -1.84. The zero-order valence-corrected chi connectivity index (χ0v) is 13.5. The smallest absolute Gasteiger partial charge is 0.182 e. The minimum Gasteiger partial charge on any atom is -0.331 e. The van der Waals surface area contributed by atoms with Gasteiger partial charge in [-0.3, -0.25) is 4.90 Å². The van der Waals surface area contributed by atoms with Crippen LogP contribution in [0.2, 0.25) is 5.02 Å². The van der Waals surface area contributed by atoms with E-state index in [1.54, 1.807) is 0 Å². The van der Waals surface area contributed by atoms with Gasteiger partial charge in [0.05, 0.1) is 11.4 Å². The van der Waals surface area contributed by atoms with Gasteiger partial charge >= 0.3 is 0 Å². The SMILES string of the molecule is C=C1c2cc(C)cc(C)c2NC(=S)N1c1cccc(Cl)c1. The number of rotatable bonds is 1. The molecule has 0 saturated carbocycles. The summed E-state index contributed by atoms with van der Waals surface area (Å²) in [5.41, 5.74) is 6.25. The third-order valence-electron chi connectivity index (χ3n) is 3.56. The van der Waals surface area contributed by atoms with Crippen molar-refractivity contribution in [3.05, 3.63) is 64.7 Å². The topological polar surface area (TPSA) is 15.3 Å². The van der Waals surface area contributed by atoms with Crippen molar-refractivity contribution in [3.8, 4) is 0 Å². The summed E-state index contributed by atoms with van der Waals surface area (Å²) < 4.78 is 0. The molecule has 2 aromatic rings. The summed E-state index contributed by atoms with van der Waals surface area (Å²) in [6.07, 6.45) is 0. The van der Waals surface area contributed by atoms with E-state index in [1.807, 2.05) is 29.2 Å². The molecule has 2 aromatic carbocycles. The highest BCUT2D eigenvalue weighted by Gasteiger charge is 2.26. The summed E-state index contributed by atoms with van der Waals surface area (Å²) >= 11 is 11.6. The first-order valence-corrected chi connectivity index (χ1v) is 7.43. The van der Waals surface area contributed by atoms with Crippen molar-refractivity contribution in [2.75, 3.05) is 10.2 Å². The molecule has 0 aromatic heterocycles. The van der Waals surface area contributed by atoms with E-state index in [1.165, 1.54) is 11.1 Å². The van der Waals surface area contributed by atoms with Crippen molar-refractivity contribution in [3.63, 3.8) is 0 Å². The Bertz CT molecular complexity index is 767. The molecule has 106 valence electrons. The molecule has 0 aliphatic carbocycles. The van der Waals surface area contributed by atoms with Crippen molar-refractivity contribution in [1.82, 2.24) is 0 Å². The number of nitrogens with one attached hydrogen (secondary N) is 1. The number of hydrogen-bond donors (Lipinski definition) is 1. The van der Waals surface area contributed by atoms with Gasteiger partial charge < -0.3 is 5.32 Å². The lowest BCUT2D eigenvalue weighted by atomic mass is 9.99. The van der Waals surface area contributed by atoms with Crippen LogP contribution in [0.25, 0.3) is 5.70 Å². The van der Waals surface area contributed by atoms with Crippen LogP contribution >= 0.6 is 23.8 Å². The molecule has 0 spiro atoms. The highest BCUT2D eigenvalue weighted by Crippen LogP contribution is 2.37. The van der Waals surface area contributed by atoms with E-state index < -0.39 is 0 Å². The molecule has 0 radical (unpaired) electrons. The summed E-state index contributed by atoms with van der Waals surface area (Å²) in [6.45, 7) is 8.38. The maximum atomic E-state index is 6.09. The highest BCUT2D eigenvalue weighted by molar-refractivity contribution is 7.80. The number of aryl methyl sites for hydroxylation is 2. The van der Waals surface area contributed by atoms with Crippen LogP contribution in [0.15, 0.2) is 43.0 Å². The minimum atomic E-state index is 0.613. The number of hydrogen-bond acceptors (Lipinski definition) is 1. The van der Waals surface area contributed by atoms with Crippen molar-refractivity contribution < 1.29 is 0 Å². The normalized spacial score (nSPS) is 14.0. The molecule has 0 atom stereocenters. The average Bonchev–Trinajstić information content (AvgIpc) is 2.40. The predicted octanol–water partition coefficient (Wildman–Crippen LogP) is 5.14. The molecule has 0 amide bonds. The van der Waals surface area contributed by atoms with E-state index in [4.69, 9.17) is 23.8 Å². The van der Waals surface area contributed by atoms with Gasteiger partial charge in [-0.25, -0.2) is 0 Å². The number of benzene rings is 2. The van der Waals surface area contributed by atoms with Crippen LogP contribution < -0.4 is 10.2 Å². The molecule has 0 fully saturated rings. The van der Waals surface area contributed by atoms with E-state index in [2.05, 4.69) is 37.9 Å². The Balaban J connectivity index is 2.14.